The van der Waals surface area contributed by atoms with Crippen LogP contribution >= 0.6 is 8.20 Å². The summed E-state index contributed by atoms with van der Waals surface area (Å²) in [7, 11) is 0.827. The Balaban J connectivity index is 2.09. The molecule has 0 aliphatic heterocycles. The number of carbonyl (C=O) groups is 1. The zero-order valence-corrected chi connectivity index (χ0v) is 18.1. The highest BCUT2D eigenvalue weighted by molar-refractivity contribution is 7.51. The Kier molecular flexibility index (Phi) is 5.28. The molecule has 0 saturated carbocycles. The average molecular weight is 376 g/mol. The van der Waals surface area contributed by atoms with E-state index in [1.807, 2.05) is 36.4 Å². The highest BCUT2D eigenvalue weighted by Crippen LogP contribution is 2.47. The lowest BCUT2D eigenvalue weighted by atomic mass is 9.86. The molecule has 0 saturated heterocycles. The summed E-state index contributed by atoms with van der Waals surface area (Å²) < 4.78 is 0. The van der Waals surface area contributed by atoms with E-state index in [0.29, 0.717) is 0 Å². The summed E-state index contributed by atoms with van der Waals surface area (Å²) in [6.45, 7) is 13.5. The molecule has 140 valence electrons. The van der Waals surface area contributed by atoms with Crippen molar-refractivity contribution in [3.8, 4) is 0 Å². The largest absolute Gasteiger partial charge is 0.288 e. The summed E-state index contributed by atoms with van der Waals surface area (Å²) in [5, 5.41) is 0. The molecule has 0 bridgehead atoms. The van der Waals surface area contributed by atoms with Crippen LogP contribution in [0.2, 0.25) is 0 Å². The van der Waals surface area contributed by atoms with Crippen LogP contribution in [0.3, 0.4) is 0 Å². The van der Waals surface area contributed by atoms with Crippen LogP contribution in [-0.4, -0.2) is 5.52 Å². The second-order valence-corrected chi connectivity index (χ2v) is 10.4. The van der Waals surface area contributed by atoms with E-state index >= 15 is 0 Å². The normalized spacial score (nSPS) is 12.9. The number of hydrogen-bond acceptors (Lipinski definition) is 1. The van der Waals surface area contributed by atoms with E-state index < -0.39 is 0 Å². The van der Waals surface area contributed by atoms with Crippen molar-refractivity contribution >= 4 is 13.7 Å². The van der Waals surface area contributed by atoms with Crippen LogP contribution in [0, 0.1) is 4.94 Å². The maximum Gasteiger partial charge on any atom is 0.193 e. The number of rotatable bonds is 4. The lowest BCUT2D eigenvalue weighted by Crippen LogP contribution is -2.12. The van der Waals surface area contributed by atoms with Gasteiger partial charge in [-0.2, -0.15) is 0 Å². The monoisotopic (exact) mass is 376 g/mol. The van der Waals surface area contributed by atoms with Gasteiger partial charge in [0.15, 0.2) is 5.52 Å². The fraction of sp³-hybridized carbons (Fsp3) is 0.360. The topological polar surface area (TPSA) is 17.1 Å². The molecule has 0 aromatic heterocycles. The van der Waals surface area contributed by atoms with Gasteiger partial charge in [0.1, 0.15) is 0 Å². The third-order valence-electron chi connectivity index (χ3n) is 4.90. The molecule has 0 fully saturated rings. The van der Waals surface area contributed by atoms with Crippen LogP contribution in [0.1, 0.15) is 69.7 Å². The average Bonchev–Trinajstić information content (AvgIpc) is 3.32. The minimum Gasteiger partial charge on any atom is -0.288 e. The first-order chi connectivity index (χ1) is 12.6. The van der Waals surface area contributed by atoms with Gasteiger partial charge in [-0.1, -0.05) is 102 Å². The van der Waals surface area contributed by atoms with Crippen LogP contribution in [-0.2, 0) is 15.6 Å². The second kappa shape index (κ2) is 7.21. The van der Waals surface area contributed by atoms with Crippen LogP contribution in [0.25, 0.3) is 0 Å². The van der Waals surface area contributed by atoms with Gasteiger partial charge in [0.05, 0.1) is 5.92 Å². The molecule has 3 aromatic rings. The Bertz CT molecular complexity index is 875. The molecule has 0 radical (unpaired) electrons. The van der Waals surface area contributed by atoms with Gasteiger partial charge >= 0.3 is 0 Å². The zero-order valence-electron chi connectivity index (χ0n) is 17.2. The van der Waals surface area contributed by atoms with Crippen molar-refractivity contribution in [2.45, 2.75) is 58.3 Å². The van der Waals surface area contributed by atoms with E-state index in [0.717, 1.165) is 19.3 Å². The Morgan fingerprint density at radius 1 is 0.704 bits per heavy atom. The predicted molar refractivity (Wildman–Crippen MR) is 116 cm³/mol. The highest BCUT2D eigenvalue weighted by atomic mass is 31.1. The van der Waals surface area contributed by atoms with Gasteiger partial charge in [-0.3, -0.25) is 4.79 Å². The molecule has 3 aromatic carbocycles. The zero-order chi connectivity index (χ0) is 19.8. The fourth-order valence-electron chi connectivity index (χ4n) is 3.69. The molecular formula is C25H29OP. The molecule has 2 heteroatoms. The summed E-state index contributed by atoms with van der Waals surface area (Å²) in [5.41, 5.74) is 5.34. The van der Waals surface area contributed by atoms with Crippen molar-refractivity contribution in [3.05, 3.63) is 87.9 Å². The molecule has 3 rings (SSSR count). The van der Waals surface area contributed by atoms with Crippen LogP contribution in [0.15, 0.2) is 60.7 Å². The van der Waals surface area contributed by atoms with Crippen molar-refractivity contribution in [3.63, 3.8) is 0 Å². The molecule has 0 amide bonds. The minimum atomic E-state index is -0.218. The van der Waals surface area contributed by atoms with Gasteiger partial charge in [-0.15, -0.1) is 0 Å². The van der Waals surface area contributed by atoms with Crippen LogP contribution in [0.4, 0.5) is 0 Å². The predicted octanol–water partition coefficient (Wildman–Crippen LogP) is 6.99. The van der Waals surface area contributed by atoms with Crippen molar-refractivity contribution < 1.29 is 4.79 Å². The molecule has 0 aliphatic carbocycles. The molecular weight excluding hydrogens is 347 g/mol. The Morgan fingerprint density at radius 2 is 1.07 bits per heavy atom. The molecule has 0 aliphatic rings. The van der Waals surface area contributed by atoms with E-state index in [-0.39, 0.29) is 22.3 Å². The first-order valence-corrected chi connectivity index (χ1v) is 10.5. The van der Waals surface area contributed by atoms with E-state index in [1.165, 1.54) is 16.1 Å². The molecule has 0 atom stereocenters. The maximum absolute atomic E-state index is 13.5. The minimum absolute atomic E-state index is 0.0835. The molecule has 0 unspecified atom stereocenters. The standard InChI is InChI=1S/C25H29OP/c1-24(2,3)20-21(25(4,5)6)22(20)27-23(26)19(17-13-9-7-10-14-17)18-15-11-8-12-16-18/h7-16,19H,1-6H3. The SMILES string of the molecule is CC(C)(C)c1c(C(C)(C)C)c1=PC(=O)C(c1ccccc1)c1ccccc1. The van der Waals surface area contributed by atoms with Crippen LogP contribution < -0.4 is 0 Å². The first kappa shape index (κ1) is 19.8. The van der Waals surface area contributed by atoms with E-state index in [9.17, 15) is 4.79 Å². The fourth-order valence-corrected chi connectivity index (χ4v) is 5.40. The smallest absolute Gasteiger partial charge is 0.193 e. The van der Waals surface area contributed by atoms with Gasteiger partial charge in [0, 0.05) is 4.94 Å². The third-order valence-corrected chi connectivity index (χ3v) is 6.05. The second-order valence-electron chi connectivity index (χ2n) is 9.30. The summed E-state index contributed by atoms with van der Waals surface area (Å²) >= 11 is 0. The third kappa shape index (κ3) is 4.30. The highest BCUT2D eigenvalue weighted by Gasteiger charge is 2.36. The van der Waals surface area contributed by atoms with Crippen LogP contribution in [0.5, 0.6) is 0 Å². The molecule has 0 spiro atoms. The van der Waals surface area contributed by atoms with Crippen molar-refractivity contribution in [2.75, 3.05) is 0 Å². The van der Waals surface area contributed by atoms with Gasteiger partial charge in [0.25, 0.3) is 0 Å². The summed E-state index contributed by atoms with van der Waals surface area (Å²) in [6.07, 6.45) is 0. The van der Waals surface area contributed by atoms with Gasteiger partial charge < -0.3 is 0 Å². The lowest BCUT2D eigenvalue weighted by Gasteiger charge is -2.18. The summed E-state index contributed by atoms with van der Waals surface area (Å²) in [6, 6.07) is 20.3. The number of carbonyl (C=O) groups excluding carboxylic acids is 1. The van der Waals surface area contributed by atoms with Gasteiger partial charge in [-0.25, -0.2) is 0 Å². The van der Waals surface area contributed by atoms with Crippen molar-refractivity contribution in [2.24, 2.45) is 0 Å². The van der Waals surface area contributed by atoms with Crippen molar-refractivity contribution in [1.82, 2.24) is 0 Å². The van der Waals surface area contributed by atoms with Crippen molar-refractivity contribution in [1.29, 1.82) is 0 Å². The number of benzene rings is 2. The molecule has 27 heavy (non-hydrogen) atoms. The number of hydrogen-bond donors (Lipinski definition) is 0. The van der Waals surface area contributed by atoms with E-state index in [4.69, 9.17) is 0 Å². The van der Waals surface area contributed by atoms with E-state index in [2.05, 4.69) is 65.8 Å². The Morgan fingerprint density at radius 3 is 1.41 bits per heavy atom. The molecule has 0 N–H and O–H groups in total. The quantitative estimate of drug-likeness (QED) is 0.448. The van der Waals surface area contributed by atoms with Gasteiger partial charge in [0.2, 0.25) is 0 Å². The first-order valence-electron chi connectivity index (χ1n) is 9.59. The Hall–Kier alpha value is -1.98. The van der Waals surface area contributed by atoms with E-state index in [1.54, 1.807) is 0 Å². The Labute approximate surface area is 164 Å². The molecule has 1 nitrogen and oxygen atoms in total. The van der Waals surface area contributed by atoms with Gasteiger partial charge in [-0.05, 0) is 41.3 Å². The summed E-state index contributed by atoms with van der Waals surface area (Å²) in [4.78, 5) is 14.7. The molecule has 0 heterocycles. The lowest BCUT2D eigenvalue weighted by molar-refractivity contribution is -0.111. The summed E-state index contributed by atoms with van der Waals surface area (Å²) in [5.74, 6) is -0.218. The maximum atomic E-state index is 13.5.